The van der Waals surface area contributed by atoms with Crippen molar-refractivity contribution in [2.24, 2.45) is 5.92 Å². The highest BCUT2D eigenvalue weighted by Crippen LogP contribution is 2.49. The van der Waals surface area contributed by atoms with Crippen LogP contribution in [0.3, 0.4) is 0 Å². The Hall–Kier alpha value is -15.4. The fourth-order valence-electron chi connectivity index (χ4n) is 17.4. The van der Waals surface area contributed by atoms with Gasteiger partial charge in [-0.1, -0.05) is 131 Å². The standard InChI is InChI=1S/C35H29ClFN5O4.C34H28ClF2N5O4.C33H26ClF2N5O4/c1-19-15-38-35(39-16-19)46-22-10-11-29-25(14-22)26(20(2)43)17-41(29)18-32(44)42-30-12-21(30)13-31(42)34(45)40-28-9-5-7-24(33(28)37)23-6-3-4-8-27(23)36;1-19-14-38-34(39-15-19)46-22-10-11-29-25(13-22)26(20(2)43)17-41(29)18-31(44)42-16-21(36)12-30(42)33(45)40-28-9-5-7-24(32(28)37)23-6-3-4-8-27(23)35;1-20(42)26-17-39(29-11-10-22(15-25(26)29)45-40-13-5-12-37-19-40)18-31(43)41-16-21(35)14-30(41)33(44)38-28-9-4-7-24(32(28)36)23-6-2-3-8-27(23)34/h3-11,14-17,21,30-31H,12-13,18H2,1-2H3,(H,40,45);3-11,13-15,17,21,30H,12,16,18H2,1-2H3,(H,40,45);2-13,15,17,19,21,30H,14,16,18H2,1H3/p+1/t21-,30-,31+;2*21-,30+/m111/s1. The van der Waals surface area contributed by atoms with Crippen LogP contribution in [0.25, 0.3) is 66.1 Å². The molecule has 0 bridgehead atoms. The zero-order valence-corrected chi connectivity index (χ0v) is 76.1. The van der Waals surface area contributed by atoms with Crippen LogP contribution in [0.5, 0.6) is 29.3 Å². The Balaban J connectivity index is 0.000000142. The molecule has 3 saturated heterocycles. The van der Waals surface area contributed by atoms with Gasteiger partial charge >= 0.3 is 18.3 Å². The van der Waals surface area contributed by atoms with E-state index in [1.54, 1.807) is 238 Å². The molecule has 1 saturated carbocycles. The number of piperidine rings is 1. The smallest absolute Gasteiger partial charge is 0.325 e. The lowest BCUT2D eigenvalue weighted by molar-refractivity contribution is -0.877. The van der Waals surface area contributed by atoms with E-state index in [0.29, 0.717) is 105 Å². The van der Waals surface area contributed by atoms with Crippen LogP contribution in [0.1, 0.15) is 88.7 Å². The van der Waals surface area contributed by atoms with E-state index in [1.165, 1.54) is 56.1 Å². The maximum absolute atomic E-state index is 15.6. The number of ketones is 3. The highest BCUT2D eigenvalue weighted by atomic mass is 35.5. The van der Waals surface area contributed by atoms with Crippen molar-refractivity contribution in [2.75, 3.05) is 29.0 Å². The van der Waals surface area contributed by atoms with Gasteiger partial charge in [0.2, 0.25) is 35.4 Å². The zero-order valence-electron chi connectivity index (χ0n) is 73.9. The Labute approximate surface area is 794 Å². The number of alkyl halides is 2. The Morgan fingerprint density at radius 2 is 0.781 bits per heavy atom. The maximum atomic E-state index is 15.6. The fraction of sp³-hybridized carbons (Fsp3) is 0.206. The predicted molar refractivity (Wildman–Crippen MR) is 504 cm³/mol. The average molecular weight is 1910 g/mol. The molecular weight excluding hydrogens is 1830 g/mol. The summed E-state index contributed by atoms with van der Waals surface area (Å²) in [5, 5.41) is 10.6. The van der Waals surface area contributed by atoms with Gasteiger partial charge in [0.1, 0.15) is 74.0 Å². The van der Waals surface area contributed by atoms with E-state index < -0.39 is 77.5 Å². The lowest BCUT2D eigenvalue weighted by Crippen LogP contribution is -2.46. The molecule has 6 amide bonds. The largest absolute Gasteiger partial charge is 0.424 e. The molecule has 0 spiro atoms. The quantitative estimate of drug-likeness (QED) is 0.0287. The predicted octanol–water partition coefficient (Wildman–Crippen LogP) is 19.0. The molecule has 27 nitrogen and oxygen atoms in total. The minimum absolute atomic E-state index is 0.0203. The van der Waals surface area contributed by atoms with E-state index in [4.69, 9.17) is 49.1 Å². The molecule has 3 aliphatic heterocycles. The summed E-state index contributed by atoms with van der Waals surface area (Å²) >= 11 is 18.8. The number of carbonyl (C=O) groups is 9. The van der Waals surface area contributed by atoms with Crippen molar-refractivity contribution in [3.05, 3.63) is 310 Å². The van der Waals surface area contributed by atoms with Gasteiger partial charge in [-0.3, -0.25) is 48.0 Å². The molecule has 0 radical (unpaired) electrons. The van der Waals surface area contributed by atoms with Crippen LogP contribution < -0.4 is 35.0 Å². The van der Waals surface area contributed by atoms with Crippen molar-refractivity contribution in [3.63, 3.8) is 0 Å². The number of nitrogens with zero attached hydrogens (tertiary/aromatic N) is 12. The van der Waals surface area contributed by atoms with Crippen LogP contribution in [-0.4, -0.2) is 156 Å². The van der Waals surface area contributed by atoms with Gasteiger partial charge < -0.3 is 53.8 Å². The third-order valence-electron chi connectivity index (χ3n) is 24.0. The van der Waals surface area contributed by atoms with Crippen LogP contribution in [0, 0.1) is 37.2 Å². The van der Waals surface area contributed by atoms with Gasteiger partial charge in [0.05, 0.1) is 30.2 Å². The molecule has 19 rings (SSSR count). The number of aryl methyl sites for hydroxylation is 2. The average Bonchev–Trinajstić information content (AvgIpc) is 1.58. The second-order valence-electron chi connectivity index (χ2n) is 33.5. The summed E-state index contributed by atoms with van der Waals surface area (Å²) in [4.78, 5) is 149. The number of aromatic nitrogens is 9. The molecule has 7 atom stereocenters. The summed E-state index contributed by atoms with van der Waals surface area (Å²) in [5.41, 5.74) is 6.58. The summed E-state index contributed by atoms with van der Waals surface area (Å²) in [6.07, 6.45) is 14.0. The van der Waals surface area contributed by atoms with Crippen LogP contribution in [0.15, 0.2) is 250 Å². The van der Waals surface area contributed by atoms with E-state index in [9.17, 15) is 51.9 Å². The van der Waals surface area contributed by atoms with E-state index >= 15 is 13.2 Å². The molecule has 9 heterocycles. The fourth-order valence-corrected chi connectivity index (χ4v) is 18.1. The second kappa shape index (κ2) is 40.0. The Bertz CT molecular complexity index is 7180. The Morgan fingerprint density at radius 1 is 0.423 bits per heavy atom. The normalized spacial score (nSPS) is 16.9. The zero-order chi connectivity index (χ0) is 96.3. The van der Waals surface area contributed by atoms with Crippen LogP contribution in [-0.2, 0) is 48.4 Å². The summed E-state index contributed by atoms with van der Waals surface area (Å²) in [5.74, 6) is -4.32. The number of halogens is 8. The Morgan fingerprint density at radius 3 is 1.15 bits per heavy atom. The molecule has 4 aliphatic rings. The molecule has 694 valence electrons. The lowest BCUT2D eigenvalue weighted by Gasteiger charge is -2.27. The number of nitrogens with one attached hydrogen (secondary N) is 3. The van der Waals surface area contributed by atoms with Crippen molar-refractivity contribution in [2.45, 2.75) is 116 Å². The number of fused-ring (bicyclic) bond motifs is 4. The van der Waals surface area contributed by atoms with Gasteiger partial charge in [-0.05, 0) is 160 Å². The number of likely N-dealkylation sites (tertiary alicyclic amines) is 3. The number of rotatable bonds is 24. The number of benzene rings is 9. The maximum Gasteiger partial charge on any atom is 0.325 e. The first-order chi connectivity index (χ1) is 65.9. The van der Waals surface area contributed by atoms with E-state index in [0.717, 1.165) is 27.3 Å². The molecule has 4 fully saturated rings. The number of hydrogen-bond donors (Lipinski definition) is 3. The van der Waals surface area contributed by atoms with Gasteiger partial charge in [-0.15, -0.1) is 0 Å². The monoisotopic (exact) mass is 1910 g/mol. The van der Waals surface area contributed by atoms with Gasteiger partial charge in [0, 0.05) is 166 Å². The van der Waals surface area contributed by atoms with Gasteiger partial charge in [0.15, 0.2) is 40.6 Å². The van der Waals surface area contributed by atoms with Crippen molar-refractivity contribution in [1.29, 1.82) is 0 Å². The third kappa shape index (κ3) is 20.4. The molecule has 0 unspecified atom stereocenters. The van der Waals surface area contributed by atoms with Crippen molar-refractivity contribution in [1.82, 2.24) is 53.3 Å². The molecule has 15 aromatic rings. The molecule has 35 heteroatoms. The highest BCUT2D eigenvalue weighted by molar-refractivity contribution is 6.34. The number of ether oxygens (including phenoxy) is 2. The van der Waals surface area contributed by atoms with Gasteiger partial charge in [-0.2, -0.15) is 0 Å². The van der Waals surface area contributed by atoms with Crippen molar-refractivity contribution in [3.8, 4) is 62.7 Å². The van der Waals surface area contributed by atoms with Crippen LogP contribution >= 0.6 is 34.8 Å². The molecule has 9 aromatic carbocycles. The molecule has 3 N–H and O–H groups in total. The molecule has 137 heavy (non-hydrogen) atoms. The number of anilines is 3. The highest BCUT2D eigenvalue weighted by Gasteiger charge is 2.56. The molecule has 6 aromatic heterocycles. The minimum Gasteiger partial charge on any atom is -0.424 e. The van der Waals surface area contributed by atoms with E-state index in [1.807, 2.05) is 13.8 Å². The second-order valence-corrected chi connectivity index (χ2v) is 34.7. The minimum atomic E-state index is -1.45. The summed E-state index contributed by atoms with van der Waals surface area (Å²) < 4.78 is 93.8. The first-order valence-electron chi connectivity index (χ1n) is 43.5. The molecular formula is C102H84Cl3F5N15O12+. The van der Waals surface area contributed by atoms with Gasteiger partial charge in [0.25, 0.3) is 0 Å². The topological polar surface area (TPSA) is 310 Å². The van der Waals surface area contributed by atoms with Crippen molar-refractivity contribution >= 4 is 137 Å². The van der Waals surface area contributed by atoms with E-state index in [-0.39, 0.29) is 127 Å². The SMILES string of the molecule is CC(=O)c1cn(CC(=O)N2C[C@H](F)C[C@H]2C(=O)Nc2cccc(-c3ccccc3Cl)c2F)c2ccc(O[n+]3cccnc3)cc12.CC(=O)c1cn(CC(=O)N2C[C@H](F)C[C@H]2C(=O)Nc2cccc(-c3ccccc3Cl)c2F)c2ccc(Oc3ncc(C)cn3)cc12.CC(=O)c1cn(CC(=O)N2[C@@H]3C[C@@H]3C[C@H]2C(=O)Nc2cccc(-c3ccccc3Cl)c2F)c2ccc(Oc3ncc(C)cn3)cc12. The van der Waals surface area contributed by atoms with E-state index in [2.05, 4.69) is 40.9 Å². The Kier molecular flexibility index (Phi) is 27.3. The molecule has 1 aliphatic carbocycles. The summed E-state index contributed by atoms with van der Waals surface area (Å²) in [7, 11) is 0. The summed E-state index contributed by atoms with van der Waals surface area (Å²) in [6.45, 7) is 6.83. The van der Waals surface area contributed by atoms with Crippen LogP contribution in [0.4, 0.5) is 39.0 Å². The summed E-state index contributed by atoms with van der Waals surface area (Å²) in [6, 6.07) is 48.3. The third-order valence-corrected chi connectivity index (χ3v) is 25.0. The van der Waals surface area contributed by atoms with Crippen LogP contribution in [0.2, 0.25) is 15.1 Å². The number of amides is 6. The van der Waals surface area contributed by atoms with Crippen molar-refractivity contribution < 1.29 is 84.1 Å². The lowest BCUT2D eigenvalue weighted by atomic mass is 10.0. The first kappa shape index (κ1) is 93.4. The number of Topliss-reactive ketones (excluding diaryl/α,β-unsaturated/α-hetero) is 3. The first-order valence-corrected chi connectivity index (χ1v) is 44.6. The number of carbonyl (C=O) groups excluding carboxylic acids is 9. The van der Waals surface area contributed by atoms with Gasteiger partial charge in [-0.25, -0.2) is 41.9 Å². The number of hydrogen-bond acceptors (Lipinski definition) is 17.